The molecule has 19 heavy (non-hydrogen) atoms. The quantitative estimate of drug-likeness (QED) is 0.860. The van der Waals surface area contributed by atoms with Gasteiger partial charge in [-0.3, -0.25) is 4.31 Å². The molecule has 0 heterocycles. The first-order valence-electron chi connectivity index (χ1n) is 6.06. The molecule has 0 atom stereocenters. The highest BCUT2D eigenvalue weighted by Crippen LogP contribution is 2.18. The largest absolute Gasteiger partial charge is 0.273 e. The molecule has 0 aromatic heterocycles. The average molecular weight is 275 g/mol. The summed E-state index contributed by atoms with van der Waals surface area (Å²) >= 11 is 0. The molecule has 0 fully saturated rings. The summed E-state index contributed by atoms with van der Waals surface area (Å²) in [5.41, 5.74) is 2.60. The Morgan fingerprint density at radius 1 is 0.947 bits per heavy atom. The lowest BCUT2D eigenvalue weighted by atomic mass is 10.2. The lowest BCUT2D eigenvalue weighted by Crippen LogP contribution is -2.27. The second-order valence-corrected chi connectivity index (χ2v) is 6.55. The van der Waals surface area contributed by atoms with Crippen molar-refractivity contribution in [3.63, 3.8) is 0 Å². The highest BCUT2D eigenvalue weighted by atomic mass is 32.2. The van der Waals surface area contributed by atoms with Crippen LogP contribution in [0.15, 0.2) is 54.6 Å². The molecule has 0 aliphatic carbocycles. The Balaban J connectivity index is 2.21. The molecule has 0 amide bonds. The molecular weight excluding hydrogens is 258 g/mol. The zero-order chi connectivity index (χ0) is 13.9. The Kier molecular flexibility index (Phi) is 3.90. The SMILES string of the molecule is Cc1ccc(CS(=O)(=O)N(C)c2ccccc2)cc1. The lowest BCUT2D eigenvalue weighted by Gasteiger charge is -2.19. The minimum atomic E-state index is -3.35. The van der Waals surface area contributed by atoms with Gasteiger partial charge in [0.1, 0.15) is 0 Å². The van der Waals surface area contributed by atoms with E-state index in [-0.39, 0.29) is 5.75 Å². The number of anilines is 1. The predicted molar refractivity (Wildman–Crippen MR) is 78.6 cm³/mol. The third-order valence-electron chi connectivity index (χ3n) is 3.01. The van der Waals surface area contributed by atoms with Gasteiger partial charge in [0.25, 0.3) is 0 Å². The summed E-state index contributed by atoms with van der Waals surface area (Å²) in [6.07, 6.45) is 0. The van der Waals surface area contributed by atoms with Crippen LogP contribution in [0, 0.1) is 6.92 Å². The number of benzene rings is 2. The van der Waals surface area contributed by atoms with Crippen LogP contribution in [0.4, 0.5) is 5.69 Å². The maximum absolute atomic E-state index is 12.3. The van der Waals surface area contributed by atoms with Crippen molar-refractivity contribution in [1.29, 1.82) is 0 Å². The zero-order valence-corrected chi connectivity index (χ0v) is 11.9. The summed E-state index contributed by atoms with van der Waals surface area (Å²) in [6.45, 7) is 1.98. The molecule has 2 aromatic carbocycles. The smallest absolute Gasteiger partial charge is 0.239 e. The molecule has 4 heteroatoms. The van der Waals surface area contributed by atoms with Crippen molar-refractivity contribution in [3.8, 4) is 0 Å². The van der Waals surface area contributed by atoms with Crippen LogP contribution in [0.5, 0.6) is 0 Å². The molecule has 0 radical (unpaired) electrons. The normalized spacial score (nSPS) is 11.3. The Morgan fingerprint density at radius 3 is 2.11 bits per heavy atom. The van der Waals surface area contributed by atoms with Crippen molar-refractivity contribution in [2.24, 2.45) is 0 Å². The zero-order valence-electron chi connectivity index (χ0n) is 11.1. The highest BCUT2D eigenvalue weighted by Gasteiger charge is 2.18. The fraction of sp³-hybridized carbons (Fsp3) is 0.200. The van der Waals surface area contributed by atoms with Crippen LogP contribution in [0.25, 0.3) is 0 Å². The van der Waals surface area contributed by atoms with Gasteiger partial charge in [0, 0.05) is 7.05 Å². The molecule has 0 aliphatic rings. The molecule has 0 saturated heterocycles. The molecule has 0 aliphatic heterocycles. The number of para-hydroxylation sites is 1. The number of sulfonamides is 1. The van der Waals surface area contributed by atoms with Crippen molar-refractivity contribution < 1.29 is 8.42 Å². The van der Waals surface area contributed by atoms with Crippen LogP contribution in [-0.4, -0.2) is 15.5 Å². The summed E-state index contributed by atoms with van der Waals surface area (Å²) in [7, 11) is -1.76. The van der Waals surface area contributed by atoms with Crippen LogP contribution >= 0.6 is 0 Å². The Bertz CT molecular complexity index is 634. The topological polar surface area (TPSA) is 37.4 Å². The fourth-order valence-electron chi connectivity index (χ4n) is 1.79. The van der Waals surface area contributed by atoms with Gasteiger partial charge in [0.05, 0.1) is 11.4 Å². The van der Waals surface area contributed by atoms with Gasteiger partial charge in [-0.05, 0) is 24.6 Å². The van der Waals surface area contributed by atoms with E-state index >= 15 is 0 Å². The third kappa shape index (κ3) is 3.35. The first-order chi connectivity index (χ1) is 8.99. The van der Waals surface area contributed by atoms with Gasteiger partial charge >= 0.3 is 0 Å². The van der Waals surface area contributed by atoms with E-state index in [2.05, 4.69) is 0 Å². The van der Waals surface area contributed by atoms with E-state index in [1.54, 1.807) is 19.2 Å². The molecule has 3 nitrogen and oxygen atoms in total. The maximum atomic E-state index is 12.3. The Morgan fingerprint density at radius 2 is 1.53 bits per heavy atom. The van der Waals surface area contributed by atoms with Crippen LogP contribution < -0.4 is 4.31 Å². The van der Waals surface area contributed by atoms with Crippen LogP contribution in [0.2, 0.25) is 0 Å². The summed E-state index contributed by atoms with van der Waals surface area (Å²) in [5.74, 6) is 0.0126. The average Bonchev–Trinajstić information content (AvgIpc) is 2.41. The van der Waals surface area contributed by atoms with Crippen molar-refractivity contribution in [3.05, 3.63) is 65.7 Å². The molecule has 2 aromatic rings. The first-order valence-corrected chi connectivity index (χ1v) is 7.67. The van der Waals surface area contributed by atoms with Gasteiger partial charge in [-0.15, -0.1) is 0 Å². The summed E-state index contributed by atoms with van der Waals surface area (Å²) in [4.78, 5) is 0. The summed E-state index contributed by atoms with van der Waals surface area (Å²) in [6, 6.07) is 16.6. The molecule has 0 N–H and O–H groups in total. The molecular formula is C15H17NO2S. The molecule has 0 saturated carbocycles. The second-order valence-electron chi connectivity index (χ2n) is 4.54. The highest BCUT2D eigenvalue weighted by molar-refractivity contribution is 7.92. The molecule has 0 unspecified atom stereocenters. The molecule has 0 bridgehead atoms. The number of nitrogens with zero attached hydrogens (tertiary/aromatic N) is 1. The standard InChI is InChI=1S/C15H17NO2S/c1-13-8-10-14(11-9-13)12-19(17,18)16(2)15-6-4-3-5-7-15/h3-11H,12H2,1-2H3. The van der Waals surface area contributed by atoms with Crippen molar-refractivity contribution >= 4 is 15.7 Å². The second kappa shape index (κ2) is 5.45. The summed E-state index contributed by atoms with van der Waals surface area (Å²) < 4.78 is 25.9. The predicted octanol–water partition coefficient (Wildman–Crippen LogP) is 2.96. The number of rotatable bonds is 4. The third-order valence-corrected chi connectivity index (χ3v) is 4.75. The number of hydrogen-bond acceptors (Lipinski definition) is 2. The fourth-order valence-corrected chi connectivity index (χ4v) is 3.04. The van der Waals surface area contributed by atoms with Crippen LogP contribution in [0.1, 0.15) is 11.1 Å². The van der Waals surface area contributed by atoms with E-state index in [1.807, 2.05) is 49.4 Å². The van der Waals surface area contributed by atoms with Gasteiger partial charge in [-0.1, -0.05) is 48.0 Å². The minimum Gasteiger partial charge on any atom is -0.273 e. The Hall–Kier alpha value is -1.81. The van der Waals surface area contributed by atoms with Crippen molar-refractivity contribution in [2.75, 3.05) is 11.4 Å². The van der Waals surface area contributed by atoms with Gasteiger partial charge in [-0.2, -0.15) is 0 Å². The first kappa shape index (κ1) is 13.6. The van der Waals surface area contributed by atoms with Gasteiger partial charge in [-0.25, -0.2) is 8.42 Å². The minimum absolute atomic E-state index is 0.0126. The van der Waals surface area contributed by atoms with E-state index in [0.29, 0.717) is 5.69 Å². The van der Waals surface area contributed by atoms with Gasteiger partial charge < -0.3 is 0 Å². The van der Waals surface area contributed by atoms with Crippen molar-refractivity contribution in [2.45, 2.75) is 12.7 Å². The van der Waals surface area contributed by atoms with Gasteiger partial charge in [0.15, 0.2) is 0 Å². The van der Waals surface area contributed by atoms with Gasteiger partial charge in [0.2, 0.25) is 10.0 Å². The summed E-state index contributed by atoms with van der Waals surface area (Å²) in [5, 5.41) is 0. The number of hydrogen-bond donors (Lipinski definition) is 0. The number of aryl methyl sites for hydroxylation is 1. The maximum Gasteiger partial charge on any atom is 0.239 e. The Labute approximate surface area is 114 Å². The monoisotopic (exact) mass is 275 g/mol. The van der Waals surface area contributed by atoms with E-state index in [4.69, 9.17) is 0 Å². The lowest BCUT2D eigenvalue weighted by molar-refractivity contribution is 0.593. The molecule has 100 valence electrons. The molecule has 0 spiro atoms. The van der Waals surface area contributed by atoms with E-state index < -0.39 is 10.0 Å². The van der Waals surface area contributed by atoms with E-state index in [0.717, 1.165) is 11.1 Å². The van der Waals surface area contributed by atoms with E-state index in [9.17, 15) is 8.42 Å². The van der Waals surface area contributed by atoms with Crippen LogP contribution in [0.3, 0.4) is 0 Å². The van der Waals surface area contributed by atoms with Crippen LogP contribution in [-0.2, 0) is 15.8 Å². The molecule has 2 rings (SSSR count). The van der Waals surface area contributed by atoms with E-state index in [1.165, 1.54) is 4.31 Å². The van der Waals surface area contributed by atoms with Crippen molar-refractivity contribution in [1.82, 2.24) is 0 Å².